The zero-order valence-corrected chi connectivity index (χ0v) is 11.9. The summed E-state index contributed by atoms with van der Waals surface area (Å²) < 4.78 is 0. The number of hydrogen-bond donors (Lipinski definition) is 1. The molecule has 0 bridgehead atoms. The Labute approximate surface area is 121 Å². The molecule has 102 valence electrons. The SMILES string of the molecule is CC(/C=C/c1ccccc1)[C@@H]1CCc2ccccc2N1. The van der Waals surface area contributed by atoms with Gasteiger partial charge in [-0.3, -0.25) is 0 Å². The highest BCUT2D eigenvalue weighted by Crippen LogP contribution is 2.28. The van der Waals surface area contributed by atoms with Crippen LogP contribution in [0, 0.1) is 5.92 Å². The van der Waals surface area contributed by atoms with E-state index in [4.69, 9.17) is 0 Å². The van der Waals surface area contributed by atoms with Crippen LogP contribution in [0.25, 0.3) is 6.08 Å². The summed E-state index contributed by atoms with van der Waals surface area (Å²) in [6.45, 7) is 2.30. The van der Waals surface area contributed by atoms with Gasteiger partial charge >= 0.3 is 0 Å². The highest BCUT2D eigenvalue weighted by atomic mass is 14.9. The number of rotatable bonds is 3. The zero-order valence-electron chi connectivity index (χ0n) is 11.9. The molecule has 1 heteroatoms. The first-order chi connectivity index (χ1) is 9.83. The van der Waals surface area contributed by atoms with Crippen molar-refractivity contribution in [2.24, 2.45) is 5.92 Å². The maximum Gasteiger partial charge on any atom is 0.0375 e. The van der Waals surface area contributed by atoms with Gasteiger partial charge in [-0.2, -0.15) is 0 Å². The summed E-state index contributed by atoms with van der Waals surface area (Å²) in [4.78, 5) is 0. The summed E-state index contributed by atoms with van der Waals surface area (Å²) >= 11 is 0. The van der Waals surface area contributed by atoms with Gasteiger partial charge in [0.1, 0.15) is 0 Å². The Morgan fingerprint density at radius 1 is 1.05 bits per heavy atom. The summed E-state index contributed by atoms with van der Waals surface area (Å²) in [5.74, 6) is 0.531. The fourth-order valence-electron chi connectivity index (χ4n) is 2.82. The van der Waals surface area contributed by atoms with Gasteiger partial charge in [-0.1, -0.05) is 67.6 Å². The van der Waals surface area contributed by atoms with Crippen molar-refractivity contribution < 1.29 is 0 Å². The van der Waals surface area contributed by atoms with E-state index in [1.54, 1.807) is 0 Å². The lowest BCUT2D eigenvalue weighted by Gasteiger charge is -2.30. The predicted octanol–water partition coefficient (Wildman–Crippen LogP) is 4.76. The number of anilines is 1. The Kier molecular flexibility index (Phi) is 3.87. The third kappa shape index (κ3) is 2.93. The van der Waals surface area contributed by atoms with E-state index >= 15 is 0 Å². The highest BCUT2D eigenvalue weighted by Gasteiger charge is 2.20. The molecule has 2 aromatic rings. The average Bonchev–Trinajstić information content (AvgIpc) is 2.53. The standard InChI is InChI=1S/C19H21N/c1-15(11-12-16-7-3-2-4-8-16)18-14-13-17-9-5-6-10-19(17)20-18/h2-12,15,18,20H,13-14H2,1H3/b12-11+/t15?,18-/m0/s1. The second-order valence-corrected chi connectivity index (χ2v) is 5.58. The second kappa shape index (κ2) is 5.96. The minimum atomic E-state index is 0.531. The number of benzene rings is 2. The normalized spacial score (nSPS) is 19.4. The smallest absolute Gasteiger partial charge is 0.0375 e. The Balaban J connectivity index is 1.67. The number of hydrogen-bond acceptors (Lipinski definition) is 1. The van der Waals surface area contributed by atoms with Crippen LogP contribution in [-0.2, 0) is 6.42 Å². The molecule has 2 aromatic carbocycles. The van der Waals surface area contributed by atoms with Crippen LogP contribution in [-0.4, -0.2) is 6.04 Å². The summed E-state index contributed by atoms with van der Waals surface area (Å²) in [7, 11) is 0. The fourth-order valence-corrected chi connectivity index (χ4v) is 2.82. The fraction of sp³-hybridized carbons (Fsp3) is 0.263. The van der Waals surface area contributed by atoms with Crippen molar-refractivity contribution in [2.45, 2.75) is 25.8 Å². The van der Waals surface area contributed by atoms with Crippen LogP contribution in [0.4, 0.5) is 5.69 Å². The monoisotopic (exact) mass is 263 g/mol. The molecule has 0 amide bonds. The van der Waals surface area contributed by atoms with Crippen molar-refractivity contribution in [3.8, 4) is 0 Å². The zero-order chi connectivity index (χ0) is 13.8. The first-order valence-corrected chi connectivity index (χ1v) is 7.40. The van der Waals surface area contributed by atoms with Crippen LogP contribution in [0.3, 0.4) is 0 Å². The van der Waals surface area contributed by atoms with Gasteiger partial charge in [0, 0.05) is 11.7 Å². The van der Waals surface area contributed by atoms with E-state index in [9.17, 15) is 0 Å². The van der Waals surface area contributed by atoms with E-state index in [0.717, 1.165) is 0 Å². The average molecular weight is 263 g/mol. The quantitative estimate of drug-likeness (QED) is 0.841. The summed E-state index contributed by atoms with van der Waals surface area (Å²) in [6.07, 6.45) is 6.93. The molecule has 0 aromatic heterocycles. The van der Waals surface area contributed by atoms with Crippen LogP contribution in [0.1, 0.15) is 24.5 Å². The molecule has 1 aliphatic heterocycles. The summed E-state index contributed by atoms with van der Waals surface area (Å²) in [6, 6.07) is 19.7. The van der Waals surface area contributed by atoms with Gasteiger partial charge in [-0.05, 0) is 36.0 Å². The third-order valence-corrected chi connectivity index (χ3v) is 4.11. The largest absolute Gasteiger partial charge is 0.381 e. The predicted molar refractivity (Wildman–Crippen MR) is 86.8 cm³/mol. The maximum absolute atomic E-state index is 3.68. The van der Waals surface area contributed by atoms with Crippen LogP contribution < -0.4 is 5.32 Å². The molecule has 0 saturated carbocycles. The van der Waals surface area contributed by atoms with Gasteiger partial charge < -0.3 is 5.32 Å². The number of para-hydroxylation sites is 1. The molecule has 0 fully saturated rings. The Bertz CT molecular complexity index is 586. The van der Waals surface area contributed by atoms with Crippen molar-refractivity contribution in [1.82, 2.24) is 0 Å². The van der Waals surface area contributed by atoms with E-state index in [1.165, 1.54) is 29.7 Å². The minimum Gasteiger partial charge on any atom is -0.381 e. The molecule has 1 heterocycles. The molecule has 3 rings (SSSR count). The molecule has 1 unspecified atom stereocenters. The molecule has 2 atom stereocenters. The first-order valence-electron chi connectivity index (χ1n) is 7.40. The Morgan fingerprint density at radius 2 is 1.80 bits per heavy atom. The van der Waals surface area contributed by atoms with Gasteiger partial charge in [0.15, 0.2) is 0 Å². The second-order valence-electron chi connectivity index (χ2n) is 5.58. The molecule has 1 nitrogen and oxygen atoms in total. The molecule has 0 aliphatic carbocycles. The van der Waals surface area contributed by atoms with E-state index < -0.39 is 0 Å². The van der Waals surface area contributed by atoms with Crippen molar-refractivity contribution in [2.75, 3.05) is 5.32 Å². The Morgan fingerprint density at radius 3 is 2.65 bits per heavy atom. The van der Waals surface area contributed by atoms with Crippen molar-refractivity contribution >= 4 is 11.8 Å². The molecule has 1 N–H and O–H groups in total. The maximum atomic E-state index is 3.68. The summed E-state index contributed by atoms with van der Waals surface area (Å²) in [5, 5.41) is 3.68. The number of fused-ring (bicyclic) bond motifs is 1. The third-order valence-electron chi connectivity index (χ3n) is 4.11. The molecule has 0 saturated heterocycles. The Hall–Kier alpha value is -2.02. The van der Waals surface area contributed by atoms with Crippen molar-refractivity contribution in [1.29, 1.82) is 0 Å². The van der Waals surface area contributed by atoms with Crippen LogP contribution in [0.2, 0.25) is 0 Å². The number of aryl methyl sites for hydroxylation is 1. The lowest BCUT2D eigenvalue weighted by Crippen LogP contribution is -2.30. The van der Waals surface area contributed by atoms with Crippen LogP contribution >= 0.6 is 0 Å². The van der Waals surface area contributed by atoms with E-state index in [-0.39, 0.29) is 0 Å². The van der Waals surface area contributed by atoms with Crippen molar-refractivity contribution in [3.63, 3.8) is 0 Å². The van der Waals surface area contributed by atoms with Gasteiger partial charge in [0.2, 0.25) is 0 Å². The molecule has 1 aliphatic rings. The van der Waals surface area contributed by atoms with E-state index in [2.05, 4.69) is 79.0 Å². The lowest BCUT2D eigenvalue weighted by atomic mass is 9.90. The summed E-state index contributed by atoms with van der Waals surface area (Å²) in [5.41, 5.74) is 4.03. The van der Waals surface area contributed by atoms with Gasteiger partial charge in [-0.15, -0.1) is 0 Å². The molecular formula is C19H21N. The highest BCUT2D eigenvalue weighted by molar-refractivity contribution is 5.54. The molecule has 0 radical (unpaired) electrons. The van der Waals surface area contributed by atoms with Crippen LogP contribution in [0.15, 0.2) is 60.7 Å². The van der Waals surface area contributed by atoms with Gasteiger partial charge in [0.25, 0.3) is 0 Å². The minimum absolute atomic E-state index is 0.531. The number of nitrogens with one attached hydrogen (secondary N) is 1. The van der Waals surface area contributed by atoms with E-state index in [0.29, 0.717) is 12.0 Å². The van der Waals surface area contributed by atoms with Crippen molar-refractivity contribution in [3.05, 3.63) is 71.8 Å². The lowest BCUT2D eigenvalue weighted by molar-refractivity contribution is 0.524. The van der Waals surface area contributed by atoms with Gasteiger partial charge in [-0.25, -0.2) is 0 Å². The van der Waals surface area contributed by atoms with Gasteiger partial charge in [0.05, 0.1) is 0 Å². The van der Waals surface area contributed by atoms with Crippen LogP contribution in [0.5, 0.6) is 0 Å². The molecular weight excluding hydrogens is 242 g/mol. The first kappa shape index (κ1) is 13.0. The topological polar surface area (TPSA) is 12.0 Å². The van der Waals surface area contributed by atoms with E-state index in [1.807, 2.05) is 0 Å². The molecule has 0 spiro atoms. The molecule has 20 heavy (non-hydrogen) atoms.